The third kappa shape index (κ3) is 4.51. The second-order valence-corrected chi connectivity index (χ2v) is 4.69. The molecular weight excluding hydrogens is 247 g/mol. The van der Waals surface area contributed by atoms with E-state index in [0.717, 1.165) is 5.56 Å². The summed E-state index contributed by atoms with van der Waals surface area (Å²) in [5.41, 5.74) is 0.446. The lowest BCUT2D eigenvalue weighted by Crippen LogP contribution is -2.38. The van der Waals surface area contributed by atoms with E-state index in [2.05, 4.69) is 11.4 Å². The number of aryl methyl sites for hydroxylation is 1. The quantitative estimate of drug-likeness (QED) is 0.804. The largest absolute Gasteiger partial charge is 0.367 e. The van der Waals surface area contributed by atoms with E-state index in [1.54, 1.807) is 19.9 Å². The van der Waals surface area contributed by atoms with Crippen LogP contribution in [0, 0.1) is 24.1 Å². The Kier molecular flexibility index (Phi) is 5.28. The number of benzene rings is 1. The molecule has 1 atom stereocenters. The van der Waals surface area contributed by atoms with Gasteiger partial charge in [-0.3, -0.25) is 0 Å². The molecule has 1 rings (SSSR count). The summed E-state index contributed by atoms with van der Waals surface area (Å²) in [4.78, 5) is 0. The summed E-state index contributed by atoms with van der Waals surface area (Å²) in [5.74, 6) is -0.335. The predicted molar refractivity (Wildman–Crippen MR) is 71.2 cm³/mol. The van der Waals surface area contributed by atoms with Crippen LogP contribution in [0.4, 0.5) is 10.1 Å². The van der Waals surface area contributed by atoms with Gasteiger partial charge in [0.05, 0.1) is 6.07 Å². The molecule has 0 bridgehead atoms. The molecule has 104 valence electrons. The summed E-state index contributed by atoms with van der Waals surface area (Å²) in [6, 6.07) is 6.75. The van der Waals surface area contributed by atoms with Crippen LogP contribution in [0.1, 0.15) is 18.9 Å². The minimum absolute atomic E-state index is 0.325. The van der Waals surface area contributed by atoms with Crippen molar-refractivity contribution in [3.63, 3.8) is 0 Å². The first-order chi connectivity index (χ1) is 8.92. The van der Waals surface area contributed by atoms with Crippen molar-refractivity contribution >= 4 is 5.69 Å². The van der Waals surface area contributed by atoms with Crippen molar-refractivity contribution in [2.24, 2.45) is 0 Å². The van der Waals surface area contributed by atoms with Gasteiger partial charge in [0.15, 0.2) is 6.29 Å². The van der Waals surface area contributed by atoms with Gasteiger partial charge in [0.25, 0.3) is 0 Å². The number of hydrogen-bond acceptors (Lipinski definition) is 4. The summed E-state index contributed by atoms with van der Waals surface area (Å²) < 4.78 is 23.5. The summed E-state index contributed by atoms with van der Waals surface area (Å²) in [6.07, 6.45) is -0.168. The van der Waals surface area contributed by atoms with Gasteiger partial charge < -0.3 is 14.8 Å². The molecule has 1 aromatic rings. The summed E-state index contributed by atoms with van der Waals surface area (Å²) in [7, 11) is 3.02. The lowest BCUT2D eigenvalue weighted by Gasteiger charge is -2.28. The van der Waals surface area contributed by atoms with E-state index in [-0.39, 0.29) is 5.82 Å². The highest BCUT2D eigenvalue weighted by Gasteiger charge is 2.28. The van der Waals surface area contributed by atoms with Crippen molar-refractivity contribution in [1.82, 2.24) is 0 Å². The van der Waals surface area contributed by atoms with Crippen LogP contribution in [0.5, 0.6) is 0 Å². The Balaban J connectivity index is 2.88. The van der Waals surface area contributed by atoms with E-state index >= 15 is 0 Å². The average molecular weight is 266 g/mol. The smallest absolute Gasteiger partial charge is 0.160 e. The number of nitrogens with one attached hydrogen (secondary N) is 1. The molecule has 1 N–H and O–H groups in total. The van der Waals surface area contributed by atoms with Crippen molar-refractivity contribution in [2.75, 3.05) is 19.5 Å². The molecule has 0 saturated heterocycles. The van der Waals surface area contributed by atoms with Crippen molar-refractivity contribution in [1.29, 1.82) is 5.26 Å². The fourth-order valence-corrected chi connectivity index (χ4v) is 1.85. The third-order valence-corrected chi connectivity index (χ3v) is 2.81. The van der Waals surface area contributed by atoms with Crippen LogP contribution in [-0.2, 0) is 9.47 Å². The maximum absolute atomic E-state index is 13.3. The summed E-state index contributed by atoms with van der Waals surface area (Å²) >= 11 is 0. The van der Waals surface area contributed by atoms with Gasteiger partial charge in [-0.1, -0.05) is 0 Å². The molecule has 1 aromatic carbocycles. The molecule has 5 heteroatoms. The highest BCUT2D eigenvalue weighted by Crippen LogP contribution is 2.22. The van der Waals surface area contributed by atoms with Crippen LogP contribution in [0.25, 0.3) is 0 Å². The van der Waals surface area contributed by atoms with Gasteiger partial charge >= 0.3 is 0 Å². The first-order valence-corrected chi connectivity index (χ1v) is 5.94. The third-order valence-electron chi connectivity index (χ3n) is 2.81. The lowest BCUT2D eigenvalue weighted by molar-refractivity contribution is -0.110. The lowest BCUT2D eigenvalue weighted by atomic mass is 9.98. The van der Waals surface area contributed by atoms with Crippen LogP contribution in [-0.4, -0.2) is 26.0 Å². The highest BCUT2D eigenvalue weighted by molar-refractivity contribution is 5.49. The SMILES string of the molecule is COC(CC(C)(C#N)Nc1cc(C)cc(F)c1)OC. The normalized spacial score (nSPS) is 13.9. The van der Waals surface area contributed by atoms with Crippen LogP contribution in [0.2, 0.25) is 0 Å². The van der Waals surface area contributed by atoms with E-state index < -0.39 is 11.8 Å². The minimum atomic E-state index is -0.906. The van der Waals surface area contributed by atoms with Gasteiger partial charge in [0, 0.05) is 26.3 Å². The zero-order valence-corrected chi connectivity index (χ0v) is 11.7. The van der Waals surface area contributed by atoms with Crippen molar-refractivity contribution in [3.05, 3.63) is 29.6 Å². The molecule has 0 aliphatic rings. The maximum Gasteiger partial charge on any atom is 0.160 e. The van der Waals surface area contributed by atoms with Gasteiger partial charge in [0.1, 0.15) is 11.4 Å². The topological polar surface area (TPSA) is 54.3 Å². The second kappa shape index (κ2) is 6.50. The number of nitriles is 1. The standard InChI is InChI=1S/C14H19FN2O2/c1-10-5-11(15)7-12(6-10)17-14(2,9-16)8-13(18-3)19-4/h5-7,13,17H,8H2,1-4H3. The zero-order valence-electron chi connectivity index (χ0n) is 11.7. The van der Waals surface area contributed by atoms with Crippen molar-refractivity contribution < 1.29 is 13.9 Å². The molecule has 0 amide bonds. The molecule has 0 saturated carbocycles. The van der Waals surface area contributed by atoms with Gasteiger partial charge in [-0.2, -0.15) is 5.26 Å². The summed E-state index contributed by atoms with van der Waals surface area (Å²) in [6.45, 7) is 3.52. The highest BCUT2D eigenvalue weighted by atomic mass is 19.1. The van der Waals surface area contributed by atoms with Crippen LogP contribution < -0.4 is 5.32 Å². The Bertz CT molecular complexity index is 449. The molecule has 0 aliphatic carbocycles. The number of hydrogen-bond donors (Lipinski definition) is 1. The number of nitrogens with zero attached hydrogens (tertiary/aromatic N) is 1. The predicted octanol–water partition coefficient (Wildman–Crippen LogP) is 2.84. The zero-order chi connectivity index (χ0) is 14.5. The van der Waals surface area contributed by atoms with E-state index in [9.17, 15) is 9.65 Å². The molecule has 4 nitrogen and oxygen atoms in total. The second-order valence-electron chi connectivity index (χ2n) is 4.69. The fourth-order valence-electron chi connectivity index (χ4n) is 1.85. The van der Waals surface area contributed by atoms with Gasteiger partial charge in [-0.25, -0.2) is 4.39 Å². The van der Waals surface area contributed by atoms with Crippen LogP contribution in [0.3, 0.4) is 0 Å². The van der Waals surface area contributed by atoms with Crippen LogP contribution >= 0.6 is 0 Å². The molecule has 0 spiro atoms. The Hall–Kier alpha value is -1.64. The number of halogens is 1. The van der Waals surface area contributed by atoms with Gasteiger partial charge in [-0.15, -0.1) is 0 Å². The Morgan fingerprint density at radius 3 is 2.47 bits per heavy atom. The fraction of sp³-hybridized carbons (Fsp3) is 0.500. The van der Waals surface area contributed by atoms with Crippen LogP contribution in [0.15, 0.2) is 18.2 Å². The first kappa shape index (κ1) is 15.4. The molecule has 0 radical (unpaired) electrons. The molecular formula is C14H19FN2O2. The molecule has 1 unspecified atom stereocenters. The Labute approximate surface area is 113 Å². The molecule has 0 heterocycles. The van der Waals surface area contributed by atoms with Crippen molar-refractivity contribution in [2.45, 2.75) is 32.1 Å². The van der Waals surface area contributed by atoms with Gasteiger partial charge in [-0.05, 0) is 37.6 Å². The van der Waals surface area contributed by atoms with Gasteiger partial charge in [0.2, 0.25) is 0 Å². The number of rotatable bonds is 6. The average Bonchev–Trinajstić information content (AvgIpc) is 2.34. The monoisotopic (exact) mass is 266 g/mol. The minimum Gasteiger partial charge on any atom is -0.367 e. The maximum atomic E-state index is 13.3. The summed E-state index contributed by atoms with van der Waals surface area (Å²) in [5, 5.41) is 12.3. The van der Waals surface area contributed by atoms with Crippen molar-refractivity contribution in [3.8, 4) is 6.07 Å². The van der Waals surface area contributed by atoms with E-state index in [1.165, 1.54) is 26.4 Å². The Morgan fingerprint density at radius 2 is 2.00 bits per heavy atom. The van der Waals surface area contributed by atoms with E-state index in [1.807, 2.05) is 0 Å². The molecule has 19 heavy (non-hydrogen) atoms. The number of methoxy groups -OCH3 is 2. The molecule has 0 aliphatic heterocycles. The molecule has 0 aromatic heterocycles. The van der Waals surface area contributed by atoms with E-state index in [0.29, 0.717) is 12.1 Å². The number of anilines is 1. The van der Waals surface area contributed by atoms with E-state index in [4.69, 9.17) is 9.47 Å². The Morgan fingerprint density at radius 1 is 1.37 bits per heavy atom. The molecule has 0 fully saturated rings. The number of ether oxygens (including phenoxy) is 2. The first-order valence-electron chi connectivity index (χ1n) is 5.94.